The van der Waals surface area contributed by atoms with Crippen LogP contribution in [0.25, 0.3) is 0 Å². The van der Waals surface area contributed by atoms with E-state index in [0.29, 0.717) is 23.1 Å². The first-order valence-corrected chi connectivity index (χ1v) is 7.53. The van der Waals surface area contributed by atoms with Crippen molar-refractivity contribution in [1.82, 2.24) is 5.32 Å². The number of phenolic OH excluding ortho intramolecular Hbond substituents is 1. The Balaban J connectivity index is 1.74. The lowest BCUT2D eigenvalue weighted by Gasteiger charge is -2.25. The summed E-state index contributed by atoms with van der Waals surface area (Å²) < 4.78 is 0.558. The minimum absolute atomic E-state index is 0.0436. The molecule has 0 saturated heterocycles. The van der Waals surface area contributed by atoms with Crippen molar-refractivity contribution in [3.05, 3.63) is 58.1 Å². The van der Waals surface area contributed by atoms with E-state index in [-0.39, 0.29) is 17.7 Å². The highest BCUT2D eigenvalue weighted by atomic mass is 79.9. The number of phenols is 1. The van der Waals surface area contributed by atoms with E-state index in [9.17, 15) is 9.90 Å². The molecule has 5 heteroatoms. The minimum atomic E-state index is -0.293. The molecule has 1 unspecified atom stereocenters. The molecule has 0 aromatic heterocycles. The van der Waals surface area contributed by atoms with E-state index in [2.05, 4.69) is 32.6 Å². The van der Waals surface area contributed by atoms with Crippen LogP contribution in [0.15, 0.2) is 46.9 Å². The van der Waals surface area contributed by atoms with Crippen LogP contribution in [0.4, 0.5) is 5.69 Å². The number of benzene rings is 2. The van der Waals surface area contributed by atoms with E-state index in [0.717, 1.165) is 0 Å². The lowest BCUT2D eigenvalue weighted by Crippen LogP contribution is -2.44. The van der Waals surface area contributed by atoms with Gasteiger partial charge in [-0.25, -0.2) is 0 Å². The molecule has 0 bridgehead atoms. The molecule has 0 fully saturated rings. The van der Waals surface area contributed by atoms with E-state index in [1.807, 2.05) is 18.2 Å². The summed E-state index contributed by atoms with van der Waals surface area (Å²) >= 11 is 3.24. The fraction of sp³-hybridized carbons (Fsp3) is 0.188. The van der Waals surface area contributed by atoms with E-state index in [1.54, 1.807) is 18.2 Å². The molecular formula is C16H15BrN2O2. The molecule has 1 aliphatic rings. The van der Waals surface area contributed by atoms with Gasteiger partial charge in [0.05, 0.1) is 16.2 Å². The van der Waals surface area contributed by atoms with Gasteiger partial charge in [-0.3, -0.25) is 4.79 Å². The molecule has 2 aromatic rings. The number of fused-ring (bicyclic) bond motifs is 1. The Morgan fingerprint density at radius 1 is 1.19 bits per heavy atom. The van der Waals surface area contributed by atoms with Gasteiger partial charge in [0.2, 0.25) is 5.91 Å². The van der Waals surface area contributed by atoms with Crippen molar-refractivity contribution in [3.8, 4) is 5.75 Å². The Hall–Kier alpha value is -1.85. The Bertz CT molecular complexity index is 688. The second kappa shape index (κ2) is 5.87. The number of hydrogen-bond acceptors (Lipinski definition) is 3. The summed E-state index contributed by atoms with van der Waals surface area (Å²) in [6.45, 7) is 0.679. The fourth-order valence-electron chi connectivity index (χ4n) is 2.48. The van der Waals surface area contributed by atoms with Gasteiger partial charge in [0.15, 0.2) is 5.75 Å². The van der Waals surface area contributed by atoms with Gasteiger partial charge in [-0.2, -0.15) is 0 Å². The molecule has 1 heterocycles. The summed E-state index contributed by atoms with van der Waals surface area (Å²) in [6, 6.07) is 13.0. The Kier molecular flexibility index (Phi) is 3.94. The van der Waals surface area contributed by atoms with Crippen molar-refractivity contribution in [2.45, 2.75) is 19.0 Å². The number of para-hydroxylation sites is 1. The van der Waals surface area contributed by atoms with Gasteiger partial charge < -0.3 is 15.7 Å². The number of halogens is 1. The van der Waals surface area contributed by atoms with Crippen molar-refractivity contribution < 1.29 is 9.90 Å². The summed E-state index contributed by atoms with van der Waals surface area (Å²) in [4.78, 5) is 12.3. The molecule has 0 radical (unpaired) electrons. The van der Waals surface area contributed by atoms with Crippen molar-refractivity contribution in [3.63, 3.8) is 0 Å². The van der Waals surface area contributed by atoms with Crippen LogP contribution in [0, 0.1) is 0 Å². The highest BCUT2D eigenvalue weighted by molar-refractivity contribution is 9.10. The Labute approximate surface area is 131 Å². The van der Waals surface area contributed by atoms with Crippen molar-refractivity contribution >= 4 is 27.5 Å². The molecular weight excluding hydrogens is 332 g/mol. The number of hydrogen-bond donors (Lipinski definition) is 3. The molecule has 1 amide bonds. The van der Waals surface area contributed by atoms with E-state index in [4.69, 9.17) is 0 Å². The van der Waals surface area contributed by atoms with Crippen LogP contribution in [-0.4, -0.2) is 17.1 Å². The zero-order valence-electron chi connectivity index (χ0n) is 11.3. The van der Waals surface area contributed by atoms with Gasteiger partial charge >= 0.3 is 0 Å². The first-order chi connectivity index (χ1) is 10.1. The topological polar surface area (TPSA) is 61.4 Å². The first-order valence-electron chi connectivity index (χ1n) is 6.73. The second-order valence-corrected chi connectivity index (χ2v) is 5.89. The van der Waals surface area contributed by atoms with Crippen LogP contribution in [0.5, 0.6) is 5.75 Å². The summed E-state index contributed by atoms with van der Waals surface area (Å²) in [5, 5.41) is 15.9. The van der Waals surface area contributed by atoms with Crippen molar-refractivity contribution in [1.29, 1.82) is 0 Å². The highest BCUT2D eigenvalue weighted by Crippen LogP contribution is 2.31. The van der Waals surface area contributed by atoms with Crippen molar-refractivity contribution in [2.75, 3.05) is 5.32 Å². The quantitative estimate of drug-likeness (QED) is 0.732. The summed E-state index contributed by atoms with van der Waals surface area (Å²) in [7, 11) is 0. The molecule has 0 spiro atoms. The standard InChI is InChI=1S/C16H15BrN2O2/c17-12-6-3-7-13(15(12)20)19-16(21)14-8-10-4-1-2-5-11(10)9-18-14/h1-7,14,18,20H,8-9H2,(H,19,21). The lowest BCUT2D eigenvalue weighted by atomic mass is 9.95. The molecule has 3 rings (SSSR count). The lowest BCUT2D eigenvalue weighted by molar-refractivity contribution is -0.118. The SMILES string of the molecule is O=C(Nc1cccc(Br)c1O)C1Cc2ccccc2CN1. The third kappa shape index (κ3) is 2.94. The fourth-order valence-corrected chi connectivity index (χ4v) is 2.84. The van der Waals surface area contributed by atoms with E-state index in [1.165, 1.54) is 11.1 Å². The number of amides is 1. The van der Waals surface area contributed by atoms with Crippen LogP contribution in [0.2, 0.25) is 0 Å². The number of anilines is 1. The number of carbonyl (C=O) groups is 1. The van der Waals surface area contributed by atoms with E-state index < -0.39 is 0 Å². The predicted octanol–water partition coefficient (Wildman–Crippen LogP) is 2.81. The zero-order valence-corrected chi connectivity index (χ0v) is 12.9. The van der Waals surface area contributed by atoms with Crippen LogP contribution < -0.4 is 10.6 Å². The Morgan fingerprint density at radius 2 is 1.95 bits per heavy atom. The maximum Gasteiger partial charge on any atom is 0.241 e. The molecule has 0 saturated carbocycles. The van der Waals surface area contributed by atoms with E-state index >= 15 is 0 Å². The highest BCUT2D eigenvalue weighted by Gasteiger charge is 2.24. The number of aromatic hydroxyl groups is 1. The van der Waals surface area contributed by atoms with Gasteiger partial charge in [-0.05, 0) is 45.6 Å². The third-order valence-electron chi connectivity index (χ3n) is 3.64. The Morgan fingerprint density at radius 3 is 2.76 bits per heavy atom. The first kappa shape index (κ1) is 14.1. The average molecular weight is 347 g/mol. The molecule has 0 aliphatic carbocycles. The van der Waals surface area contributed by atoms with Crippen molar-refractivity contribution in [2.24, 2.45) is 0 Å². The smallest absolute Gasteiger partial charge is 0.241 e. The maximum atomic E-state index is 12.3. The minimum Gasteiger partial charge on any atom is -0.505 e. The molecule has 4 nitrogen and oxygen atoms in total. The molecule has 1 atom stereocenters. The molecule has 2 aromatic carbocycles. The van der Waals surface area contributed by atoms with Crippen LogP contribution in [0.1, 0.15) is 11.1 Å². The zero-order chi connectivity index (χ0) is 14.8. The number of carbonyl (C=O) groups excluding carboxylic acids is 1. The maximum absolute atomic E-state index is 12.3. The monoisotopic (exact) mass is 346 g/mol. The third-order valence-corrected chi connectivity index (χ3v) is 4.28. The molecule has 108 valence electrons. The molecule has 21 heavy (non-hydrogen) atoms. The van der Waals surface area contributed by atoms with Gasteiger partial charge in [0.1, 0.15) is 0 Å². The summed E-state index contributed by atoms with van der Waals surface area (Å²) in [5.74, 6) is -0.0973. The van der Waals surface area contributed by atoms with Gasteiger partial charge in [-0.15, -0.1) is 0 Å². The van der Waals surface area contributed by atoms with Gasteiger partial charge in [-0.1, -0.05) is 30.3 Å². The average Bonchev–Trinajstić information content (AvgIpc) is 2.51. The normalized spacial score (nSPS) is 17.1. The predicted molar refractivity (Wildman–Crippen MR) is 85.2 cm³/mol. The van der Waals surface area contributed by atoms with Gasteiger partial charge in [0.25, 0.3) is 0 Å². The summed E-state index contributed by atoms with van der Waals surface area (Å²) in [5.41, 5.74) is 2.83. The molecule has 1 aliphatic heterocycles. The number of nitrogens with one attached hydrogen (secondary N) is 2. The largest absolute Gasteiger partial charge is 0.505 e. The van der Waals surface area contributed by atoms with Gasteiger partial charge in [0, 0.05) is 6.54 Å². The van der Waals surface area contributed by atoms with Crippen LogP contribution in [-0.2, 0) is 17.8 Å². The summed E-state index contributed by atoms with van der Waals surface area (Å²) in [6.07, 6.45) is 0.650. The molecule has 3 N–H and O–H groups in total. The van der Waals surface area contributed by atoms with Crippen LogP contribution in [0.3, 0.4) is 0 Å². The number of rotatable bonds is 2. The van der Waals surface area contributed by atoms with Crippen LogP contribution >= 0.6 is 15.9 Å². The second-order valence-electron chi connectivity index (χ2n) is 5.03.